The lowest BCUT2D eigenvalue weighted by molar-refractivity contribution is -0.155. The number of carboxylic acids is 1. The number of urea groups is 1. The van der Waals surface area contributed by atoms with E-state index in [2.05, 4.69) is 10.6 Å². The molecule has 0 aromatic carbocycles. The zero-order valence-electron chi connectivity index (χ0n) is 10.6. The van der Waals surface area contributed by atoms with Gasteiger partial charge in [-0.1, -0.05) is 0 Å². The van der Waals surface area contributed by atoms with Crippen LogP contribution in [0.1, 0.15) is 27.2 Å². The summed E-state index contributed by atoms with van der Waals surface area (Å²) in [4.78, 5) is 32.7. The Morgan fingerprint density at radius 3 is 2.11 bits per heavy atom. The van der Waals surface area contributed by atoms with Gasteiger partial charge in [0.2, 0.25) is 5.91 Å². The first-order valence-corrected chi connectivity index (χ1v) is 5.26. The average Bonchev–Trinajstić information content (AvgIpc) is 2.11. The van der Waals surface area contributed by atoms with Crippen LogP contribution in [0.5, 0.6) is 0 Å². The van der Waals surface area contributed by atoms with Gasteiger partial charge in [-0.15, -0.1) is 0 Å². The van der Waals surface area contributed by atoms with Crippen molar-refractivity contribution in [3.63, 3.8) is 0 Å². The fourth-order valence-electron chi connectivity index (χ4n) is 1.16. The van der Waals surface area contributed by atoms with Crippen molar-refractivity contribution >= 4 is 17.9 Å². The molecule has 0 bridgehead atoms. The molecule has 104 valence electrons. The number of carbonyl (C=O) groups excluding carboxylic acids is 2. The maximum absolute atomic E-state index is 11.4. The first-order chi connectivity index (χ1) is 7.96. The van der Waals surface area contributed by atoms with Gasteiger partial charge in [-0.25, -0.2) is 9.59 Å². The topological polar surface area (TPSA) is 142 Å². The van der Waals surface area contributed by atoms with Crippen LogP contribution in [-0.4, -0.2) is 45.8 Å². The first-order valence-electron chi connectivity index (χ1n) is 5.26. The van der Waals surface area contributed by atoms with Crippen LogP contribution in [0, 0.1) is 0 Å². The Hall–Kier alpha value is -1.83. The maximum Gasteiger partial charge on any atom is 0.337 e. The van der Waals surface area contributed by atoms with Crippen molar-refractivity contribution in [1.29, 1.82) is 0 Å². The van der Waals surface area contributed by atoms with Gasteiger partial charge in [0.05, 0.1) is 6.54 Å². The summed E-state index contributed by atoms with van der Waals surface area (Å²) in [5.41, 5.74) is 2.10. The van der Waals surface area contributed by atoms with Crippen LogP contribution in [0.3, 0.4) is 0 Å². The third-order valence-corrected chi connectivity index (χ3v) is 2.12. The second-order valence-electron chi connectivity index (χ2n) is 4.91. The van der Waals surface area contributed by atoms with Crippen molar-refractivity contribution in [2.75, 3.05) is 6.54 Å². The predicted molar refractivity (Wildman–Crippen MR) is 62.7 cm³/mol. The highest BCUT2D eigenvalue weighted by Crippen LogP contribution is 2.07. The minimum atomic E-state index is -2.05. The van der Waals surface area contributed by atoms with Gasteiger partial charge in [-0.05, 0) is 20.8 Å². The van der Waals surface area contributed by atoms with Gasteiger partial charge in [0.25, 0.3) is 0 Å². The van der Waals surface area contributed by atoms with E-state index in [1.54, 1.807) is 13.8 Å². The van der Waals surface area contributed by atoms with Crippen LogP contribution in [0.2, 0.25) is 0 Å². The van der Waals surface area contributed by atoms with Crippen molar-refractivity contribution in [3.8, 4) is 0 Å². The largest absolute Gasteiger partial charge is 0.479 e. The highest BCUT2D eigenvalue weighted by atomic mass is 16.4. The van der Waals surface area contributed by atoms with E-state index in [0.29, 0.717) is 0 Å². The van der Waals surface area contributed by atoms with Crippen LogP contribution in [-0.2, 0) is 9.59 Å². The van der Waals surface area contributed by atoms with Gasteiger partial charge >= 0.3 is 12.0 Å². The van der Waals surface area contributed by atoms with E-state index in [0.717, 1.165) is 6.92 Å². The van der Waals surface area contributed by atoms with Gasteiger partial charge < -0.3 is 26.6 Å². The van der Waals surface area contributed by atoms with Crippen LogP contribution < -0.4 is 16.4 Å². The number of carboxylic acid groups (broad SMARTS) is 1. The lowest BCUT2D eigenvalue weighted by atomic mass is 10.0. The van der Waals surface area contributed by atoms with Gasteiger partial charge in [-0.3, -0.25) is 4.79 Å². The highest BCUT2D eigenvalue weighted by Gasteiger charge is 2.31. The third-order valence-electron chi connectivity index (χ3n) is 2.12. The lowest BCUT2D eigenvalue weighted by Gasteiger charge is -2.26. The zero-order valence-corrected chi connectivity index (χ0v) is 10.6. The summed E-state index contributed by atoms with van der Waals surface area (Å²) in [7, 11) is 0. The van der Waals surface area contributed by atoms with Gasteiger partial charge in [0, 0.05) is 12.0 Å². The van der Waals surface area contributed by atoms with Crippen molar-refractivity contribution in [2.24, 2.45) is 5.73 Å². The third kappa shape index (κ3) is 6.04. The Bertz CT molecular complexity index is 351. The molecule has 8 nitrogen and oxygen atoms in total. The van der Waals surface area contributed by atoms with Gasteiger partial charge in [0.15, 0.2) is 5.60 Å². The minimum absolute atomic E-state index is 0.0598. The Balaban J connectivity index is 4.28. The van der Waals surface area contributed by atoms with Crippen LogP contribution >= 0.6 is 0 Å². The highest BCUT2D eigenvalue weighted by molar-refractivity contribution is 5.80. The van der Waals surface area contributed by atoms with Crippen LogP contribution in [0.25, 0.3) is 0 Å². The van der Waals surface area contributed by atoms with E-state index in [1.165, 1.54) is 0 Å². The molecule has 1 unspecified atom stereocenters. The number of hydrogen-bond donors (Lipinski definition) is 5. The molecule has 18 heavy (non-hydrogen) atoms. The fraction of sp³-hybridized carbons (Fsp3) is 0.700. The number of hydrogen-bond acceptors (Lipinski definition) is 4. The molecule has 0 aliphatic rings. The minimum Gasteiger partial charge on any atom is -0.479 e. The first kappa shape index (κ1) is 16.2. The van der Waals surface area contributed by atoms with Crippen molar-refractivity contribution < 1.29 is 24.6 Å². The molecule has 0 heterocycles. The van der Waals surface area contributed by atoms with Gasteiger partial charge in [-0.2, -0.15) is 0 Å². The molecule has 8 heteroatoms. The van der Waals surface area contributed by atoms with Crippen LogP contribution in [0.4, 0.5) is 4.79 Å². The Labute approximate surface area is 105 Å². The summed E-state index contributed by atoms with van der Waals surface area (Å²) < 4.78 is 0. The standard InChI is InChI=1S/C10H19N3O5/c1-9(2,4-6(11)14)13-8(17)12-5-10(3,18)7(15)16/h18H,4-5H2,1-3H3,(H2,11,14)(H,15,16)(H2,12,13,17). The second kappa shape index (κ2) is 5.67. The fourth-order valence-corrected chi connectivity index (χ4v) is 1.16. The number of carbonyl (C=O) groups is 3. The smallest absolute Gasteiger partial charge is 0.337 e. The SMILES string of the molecule is CC(C)(CC(N)=O)NC(=O)NCC(C)(O)C(=O)O. The molecule has 1 atom stereocenters. The zero-order chi connectivity index (χ0) is 14.6. The normalized spacial score (nSPS) is 14.4. The monoisotopic (exact) mass is 261 g/mol. The number of nitrogens with one attached hydrogen (secondary N) is 2. The van der Waals surface area contributed by atoms with E-state index >= 15 is 0 Å². The van der Waals surface area contributed by atoms with E-state index in [9.17, 15) is 19.5 Å². The van der Waals surface area contributed by atoms with E-state index in [4.69, 9.17) is 10.8 Å². The number of rotatable bonds is 6. The molecular formula is C10H19N3O5. The van der Waals surface area contributed by atoms with Crippen molar-refractivity contribution in [2.45, 2.75) is 38.3 Å². The summed E-state index contributed by atoms with van der Waals surface area (Å²) in [5.74, 6) is -2.02. The van der Waals surface area contributed by atoms with E-state index < -0.39 is 35.6 Å². The summed E-state index contributed by atoms with van der Waals surface area (Å²) in [6, 6.07) is -0.692. The molecule has 0 saturated heterocycles. The Morgan fingerprint density at radius 2 is 1.72 bits per heavy atom. The molecule has 0 radical (unpaired) electrons. The number of nitrogens with two attached hydrogens (primary N) is 1. The molecular weight excluding hydrogens is 242 g/mol. The summed E-state index contributed by atoms with van der Waals surface area (Å²) in [6.07, 6.45) is -0.0598. The second-order valence-corrected chi connectivity index (χ2v) is 4.91. The average molecular weight is 261 g/mol. The number of primary amides is 1. The molecule has 0 aliphatic carbocycles. The molecule has 0 saturated carbocycles. The quantitative estimate of drug-likeness (QED) is 0.407. The molecule has 0 spiro atoms. The van der Waals surface area contributed by atoms with E-state index in [-0.39, 0.29) is 6.42 Å². The molecule has 0 fully saturated rings. The molecule has 0 rings (SSSR count). The Morgan fingerprint density at radius 1 is 1.22 bits per heavy atom. The molecule has 0 aromatic heterocycles. The van der Waals surface area contributed by atoms with E-state index in [1.807, 2.05) is 0 Å². The van der Waals surface area contributed by atoms with Crippen molar-refractivity contribution in [1.82, 2.24) is 10.6 Å². The molecule has 0 aromatic rings. The molecule has 0 aliphatic heterocycles. The number of aliphatic hydroxyl groups is 1. The summed E-state index contributed by atoms with van der Waals surface area (Å²) in [5, 5.41) is 22.6. The molecule has 6 N–H and O–H groups in total. The number of aliphatic carboxylic acids is 1. The lowest BCUT2D eigenvalue weighted by Crippen LogP contribution is -2.54. The van der Waals surface area contributed by atoms with Crippen molar-refractivity contribution in [3.05, 3.63) is 0 Å². The summed E-state index contributed by atoms with van der Waals surface area (Å²) >= 11 is 0. The molecule has 3 amide bonds. The maximum atomic E-state index is 11.4. The predicted octanol–water partition coefficient (Wildman–Crippen LogP) is -1.22. The Kier molecular flexibility index (Phi) is 5.10. The van der Waals surface area contributed by atoms with Gasteiger partial charge in [0.1, 0.15) is 0 Å². The summed E-state index contributed by atoms with van der Waals surface area (Å²) in [6.45, 7) is 3.78. The number of amides is 3. The van der Waals surface area contributed by atoms with Crippen LogP contribution in [0.15, 0.2) is 0 Å².